The third-order valence-electron chi connectivity index (χ3n) is 3.98. The molecule has 0 radical (unpaired) electrons. The molecule has 6 nitrogen and oxygen atoms in total. The number of imidazole rings is 1. The molecule has 3 aromatic rings. The molecule has 0 spiro atoms. The van der Waals surface area contributed by atoms with E-state index in [2.05, 4.69) is 32.2 Å². The summed E-state index contributed by atoms with van der Waals surface area (Å²) in [5, 5.41) is 2.83. The van der Waals surface area contributed by atoms with Crippen molar-refractivity contribution in [1.29, 1.82) is 0 Å². The zero-order valence-corrected chi connectivity index (χ0v) is 18.2. The number of ether oxygens (including phenoxy) is 1. The van der Waals surface area contributed by atoms with Gasteiger partial charge in [-0.25, -0.2) is 4.98 Å². The first-order valence-electron chi connectivity index (χ1n) is 8.86. The van der Waals surface area contributed by atoms with Gasteiger partial charge < -0.3 is 20.4 Å². The molecule has 1 aromatic heterocycles. The van der Waals surface area contributed by atoms with Gasteiger partial charge in [-0.2, -0.15) is 0 Å². The molecule has 3 rings (SSSR count). The SMILES string of the molecule is I.NC(=NCCc1nccn1Cc1ccccc1)Nc1ccc(OC(F)(F)F)cc1. The first-order valence-corrected chi connectivity index (χ1v) is 8.86. The summed E-state index contributed by atoms with van der Waals surface area (Å²) in [5.74, 6) is 0.749. The Kier molecular flexibility index (Phi) is 8.51. The highest BCUT2D eigenvalue weighted by molar-refractivity contribution is 14.0. The summed E-state index contributed by atoms with van der Waals surface area (Å²) < 4.78 is 42.4. The Labute approximate surface area is 189 Å². The average molecular weight is 531 g/mol. The highest BCUT2D eigenvalue weighted by atomic mass is 127. The molecule has 10 heteroatoms. The molecule has 0 bridgehead atoms. The summed E-state index contributed by atoms with van der Waals surface area (Å²) in [6, 6.07) is 15.3. The Morgan fingerprint density at radius 3 is 2.47 bits per heavy atom. The van der Waals surface area contributed by atoms with Gasteiger partial charge in [0.15, 0.2) is 5.96 Å². The molecule has 0 saturated heterocycles. The molecule has 3 N–H and O–H groups in total. The number of halogens is 4. The second kappa shape index (κ2) is 10.9. The molecular weight excluding hydrogens is 510 g/mol. The maximum Gasteiger partial charge on any atom is 0.573 e. The lowest BCUT2D eigenvalue weighted by atomic mass is 10.2. The van der Waals surface area contributed by atoms with E-state index in [4.69, 9.17) is 5.73 Å². The molecule has 0 aliphatic carbocycles. The van der Waals surface area contributed by atoms with Gasteiger partial charge in [-0.1, -0.05) is 30.3 Å². The van der Waals surface area contributed by atoms with Crippen molar-refractivity contribution in [1.82, 2.24) is 9.55 Å². The maximum atomic E-state index is 12.2. The molecule has 1 heterocycles. The number of nitrogens with zero attached hydrogens (tertiary/aromatic N) is 3. The fourth-order valence-corrected chi connectivity index (χ4v) is 2.70. The predicted octanol–water partition coefficient (Wildman–Crippen LogP) is 4.42. The van der Waals surface area contributed by atoms with Crippen LogP contribution in [0.5, 0.6) is 5.75 Å². The van der Waals surface area contributed by atoms with E-state index in [1.54, 1.807) is 6.20 Å². The molecule has 30 heavy (non-hydrogen) atoms. The molecule has 0 unspecified atom stereocenters. The van der Waals surface area contributed by atoms with Gasteiger partial charge in [0.1, 0.15) is 11.6 Å². The zero-order chi connectivity index (χ0) is 20.7. The standard InChI is InChI=1S/C20H20F3N5O.HI/c21-20(22,23)29-17-8-6-16(7-9-17)27-19(24)26-11-10-18-25-12-13-28(18)14-15-4-2-1-3-5-15;/h1-9,12-13H,10-11,14H2,(H3,24,26,27);1H. The summed E-state index contributed by atoms with van der Waals surface area (Å²) in [5.41, 5.74) is 7.53. The summed E-state index contributed by atoms with van der Waals surface area (Å²) in [4.78, 5) is 8.60. The highest BCUT2D eigenvalue weighted by Crippen LogP contribution is 2.23. The van der Waals surface area contributed by atoms with Gasteiger partial charge in [0.2, 0.25) is 0 Å². The quantitative estimate of drug-likeness (QED) is 0.269. The van der Waals surface area contributed by atoms with Crippen LogP contribution < -0.4 is 15.8 Å². The van der Waals surface area contributed by atoms with E-state index >= 15 is 0 Å². The zero-order valence-electron chi connectivity index (χ0n) is 15.8. The molecule has 0 amide bonds. The number of alkyl halides is 3. The van der Waals surface area contributed by atoms with Gasteiger partial charge in [-0.05, 0) is 29.8 Å². The van der Waals surface area contributed by atoms with E-state index in [-0.39, 0.29) is 35.7 Å². The Bertz CT molecular complexity index is 943. The number of nitrogens with one attached hydrogen (secondary N) is 1. The second-order valence-corrected chi connectivity index (χ2v) is 6.17. The van der Waals surface area contributed by atoms with Crippen molar-refractivity contribution in [3.63, 3.8) is 0 Å². The lowest BCUT2D eigenvalue weighted by Gasteiger charge is -2.10. The molecule has 0 fully saturated rings. The fourth-order valence-electron chi connectivity index (χ4n) is 2.70. The van der Waals surface area contributed by atoms with Crippen molar-refractivity contribution in [2.45, 2.75) is 19.3 Å². The minimum absolute atomic E-state index is 0. The summed E-state index contributed by atoms with van der Waals surface area (Å²) in [7, 11) is 0. The molecule has 0 atom stereocenters. The summed E-state index contributed by atoms with van der Waals surface area (Å²) >= 11 is 0. The number of benzene rings is 2. The van der Waals surface area contributed by atoms with Crippen LogP contribution >= 0.6 is 24.0 Å². The number of aromatic nitrogens is 2. The molecule has 160 valence electrons. The van der Waals surface area contributed by atoms with Crippen LogP contribution in [0.1, 0.15) is 11.4 Å². The van der Waals surface area contributed by atoms with E-state index in [0.29, 0.717) is 18.7 Å². The third-order valence-corrected chi connectivity index (χ3v) is 3.98. The maximum absolute atomic E-state index is 12.2. The molecule has 0 aliphatic heterocycles. The highest BCUT2D eigenvalue weighted by Gasteiger charge is 2.30. The largest absolute Gasteiger partial charge is 0.573 e. The lowest BCUT2D eigenvalue weighted by molar-refractivity contribution is -0.274. The van der Waals surface area contributed by atoms with Gasteiger partial charge in [-0.3, -0.25) is 4.99 Å². The van der Waals surface area contributed by atoms with Crippen LogP contribution in [-0.2, 0) is 13.0 Å². The van der Waals surface area contributed by atoms with Gasteiger partial charge in [0.25, 0.3) is 0 Å². The van der Waals surface area contributed by atoms with E-state index in [9.17, 15) is 13.2 Å². The van der Waals surface area contributed by atoms with Crippen LogP contribution in [0, 0.1) is 0 Å². The van der Waals surface area contributed by atoms with Crippen molar-refractivity contribution >= 4 is 35.6 Å². The summed E-state index contributed by atoms with van der Waals surface area (Å²) in [6.45, 7) is 1.14. The number of aliphatic imine (C=N–C) groups is 1. The smallest absolute Gasteiger partial charge is 0.406 e. The van der Waals surface area contributed by atoms with E-state index in [0.717, 1.165) is 12.4 Å². The Morgan fingerprint density at radius 1 is 1.10 bits per heavy atom. The number of rotatable bonds is 7. The summed E-state index contributed by atoms with van der Waals surface area (Å²) in [6.07, 6.45) is -0.464. The van der Waals surface area contributed by atoms with Crippen molar-refractivity contribution in [2.75, 3.05) is 11.9 Å². The van der Waals surface area contributed by atoms with Crippen LogP contribution in [0.25, 0.3) is 0 Å². The minimum Gasteiger partial charge on any atom is -0.406 e. The van der Waals surface area contributed by atoms with Crippen molar-refractivity contribution in [3.8, 4) is 5.75 Å². The molecule has 2 aromatic carbocycles. The minimum atomic E-state index is -4.72. The number of hydrogen-bond acceptors (Lipinski definition) is 3. The van der Waals surface area contributed by atoms with Gasteiger partial charge in [0.05, 0.1) is 0 Å². The van der Waals surface area contributed by atoms with Crippen molar-refractivity contribution in [3.05, 3.63) is 78.4 Å². The first-order chi connectivity index (χ1) is 13.9. The average Bonchev–Trinajstić information content (AvgIpc) is 3.10. The Hall–Kier alpha value is -2.76. The fraction of sp³-hybridized carbons (Fsp3) is 0.200. The van der Waals surface area contributed by atoms with E-state index < -0.39 is 6.36 Å². The monoisotopic (exact) mass is 531 g/mol. The molecular formula is C20H21F3IN5O. The van der Waals surface area contributed by atoms with Crippen LogP contribution in [-0.4, -0.2) is 28.4 Å². The van der Waals surface area contributed by atoms with Crippen molar-refractivity contribution < 1.29 is 17.9 Å². The predicted molar refractivity (Wildman–Crippen MR) is 120 cm³/mol. The number of guanidine groups is 1. The van der Waals surface area contributed by atoms with Gasteiger partial charge in [-0.15, -0.1) is 37.1 Å². The van der Waals surface area contributed by atoms with Crippen LogP contribution in [0.4, 0.5) is 18.9 Å². The Morgan fingerprint density at radius 2 is 1.80 bits per heavy atom. The third kappa shape index (κ3) is 7.58. The topological polar surface area (TPSA) is 77.5 Å². The first kappa shape index (κ1) is 23.5. The normalized spacial score (nSPS) is 11.6. The van der Waals surface area contributed by atoms with Crippen molar-refractivity contribution in [2.24, 2.45) is 10.7 Å². The molecule has 0 aliphatic rings. The van der Waals surface area contributed by atoms with Crippen LogP contribution in [0.15, 0.2) is 72.0 Å². The number of hydrogen-bond donors (Lipinski definition) is 2. The van der Waals surface area contributed by atoms with E-state index in [1.807, 2.05) is 29.0 Å². The number of nitrogens with two attached hydrogens (primary N) is 1. The van der Waals surface area contributed by atoms with Crippen LogP contribution in [0.2, 0.25) is 0 Å². The van der Waals surface area contributed by atoms with E-state index in [1.165, 1.54) is 29.8 Å². The number of anilines is 1. The Balaban J connectivity index is 0.00000320. The lowest BCUT2D eigenvalue weighted by Crippen LogP contribution is -2.23. The van der Waals surface area contributed by atoms with Gasteiger partial charge >= 0.3 is 6.36 Å². The second-order valence-electron chi connectivity index (χ2n) is 6.17. The van der Waals surface area contributed by atoms with Gasteiger partial charge in [0, 0.05) is 37.6 Å². The molecule has 0 saturated carbocycles. The van der Waals surface area contributed by atoms with Crippen LogP contribution in [0.3, 0.4) is 0 Å².